The van der Waals surface area contributed by atoms with Gasteiger partial charge in [0.25, 0.3) is 5.91 Å². The summed E-state index contributed by atoms with van der Waals surface area (Å²) in [6.45, 7) is 8.54. The minimum absolute atomic E-state index is 0.378. The molecule has 1 aromatic carbocycles. The molecule has 2 N–H and O–H groups in total. The van der Waals surface area contributed by atoms with Crippen molar-refractivity contribution in [1.29, 1.82) is 0 Å². The molecule has 0 aliphatic heterocycles. The molecule has 0 spiro atoms. The molecule has 0 unspecified atom stereocenters. The van der Waals surface area contributed by atoms with Crippen molar-refractivity contribution >= 4 is 17.9 Å². The lowest BCUT2D eigenvalue weighted by molar-refractivity contribution is -0.123. The van der Waals surface area contributed by atoms with Crippen molar-refractivity contribution in [2.45, 2.75) is 40.2 Å². The molecule has 0 saturated carbocycles. The number of aromatic nitrogens is 1. The van der Waals surface area contributed by atoms with Gasteiger partial charge in [0.1, 0.15) is 0 Å². The van der Waals surface area contributed by atoms with Crippen molar-refractivity contribution in [2.75, 3.05) is 6.61 Å². The lowest BCUT2D eigenvalue weighted by atomic mass is 10.1. The largest absolute Gasteiger partial charge is 0.452 e. The summed E-state index contributed by atoms with van der Waals surface area (Å²) in [5.41, 5.74) is 2.43. The van der Waals surface area contributed by atoms with Crippen LogP contribution < -0.4 is 10.6 Å². The summed E-state index contributed by atoms with van der Waals surface area (Å²) in [5.74, 6) is -1.31. The number of para-hydroxylation sites is 1. The van der Waals surface area contributed by atoms with Crippen LogP contribution in [0, 0.1) is 13.8 Å². The van der Waals surface area contributed by atoms with Crippen LogP contribution in [0.1, 0.15) is 42.5 Å². The molecule has 144 valence electrons. The summed E-state index contributed by atoms with van der Waals surface area (Å²) in [4.78, 5) is 35.8. The standard InChI is InChI=1S/C20H25N3O4/c1-13-11-16(14(2)23(13)15-9-7-6-8-10-15)18(25)27-12-17(24)21-19(26)22-20(3,4)5/h6-11H,12H2,1-5H3,(H2,21,22,24,26). The fraction of sp³-hybridized carbons (Fsp3) is 0.350. The van der Waals surface area contributed by atoms with E-state index in [4.69, 9.17) is 4.74 Å². The smallest absolute Gasteiger partial charge is 0.340 e. The van der Waals surface area contributed by atoms with E-state index in [1.54, 1.807) is 26.8 Å². The fourth-order valence-corrected chi connectivity index (χ4v) is 2.69. The third kappa shape index (κ3) is 5.44. The van der Waals surface area contributed by atoms with Crippen LogP contribution in [0.4, 0.5) is 4.79 Å². The third-order valence-corrected chi connectivity index (χ3v) is 3.74. The van der Waals surface area contributed by atoms with Gasteiger partial charge in [-0.15, -0.1) is 0 Å². The number of rotatable bonds is 4. The number of carbonyl (C=O) groups excluding carboxylic acids is 3. The van der Waals surface area contributed by atoms with Gasteiger partial charge < -0.3 is 14.6 Å². The molecule has 7 heteroatoms. The Kier molecular flexibility index (Phi) is 6.05. The maximum Gasteiger partial charge on any atom is 0.340 e. The normalized spacial score (nSPS) is 11.0. The van der Waals surface area contributed by atoms with Gasteiger partial charge in [-0.25, -0.2) is 9.59 Å². The molecule has 0 aliphatic carbocycles. The highest BCUT2D eigenvalue weighted by atomic mass is 16.5. The number of amides is 3. The zero-order chi connectivity index (χ0) is 20.2. The number of imide groups is 1. The minimum Gasteiger partial charge on any atom is -0.452 e. The number of ether oxygens (including phenoxy) is 1. The van der Waals surface area contributed by atoms with E-state index in [0.29, 0.717) is 5.56 Å². The van der Waals surface area contributed by atoms with E-state index >= 15 is 0 Å². The number of esters is 1. The van der Waals surface area contributed by atoms with Crippen molar-refractivity contribution in [1.82, 2.24) is 15.2 Å². The van der Waals surface area contributed by atoms with Crippen molar-refractivity contribution < 1.29 is 19.1 Å². The van der Waals surface area contributed by atoms with Crippen LogP contribution in [0.25, 0.3) is 5.69 Å². The number of hydrogen-bond acceptors (Lipinski definition) is 4. The second kappa shape index (κ2) is 8.07. The molecule has 2 aromatic rings. The number of nitrogens with zero attached hydrogens (tertiary/aromatic N) is 1. The molecular formula is C20H25N3O4. The highest BCUT2D eigenvalue weighted by molar-refractivity contribution is 5.97. The molecule has 0 bridgehead atoms. The Morgan fingerprint density at radius 1 is 1.07 bits per heavy atom. The van der Waals surface area contributed by atoms with Gasteiger partial charge in [-0.05, 0) is 52.8 Å². The Morgan fingerprint density at radius 3 is 2.30 bits per heavy atom. The molecule has 7 nitrogen and oxygen atoms in total. The molecule has 0 radical (unpaired) electrons. The average molecular weight is 371 g/mol. The first-order chi connectivity index (χ1) is 12.6. The van der Waals surface area contributed by atoms with E-state index in [9.17, 15) is 14.4 Å². The van der Waals surface area contributed by atoms with Crippen LogP contribution >= 0.6 is 0 Å². The topological polar surface area (TPSA) is 89.4 Å². The molecule has 27 heavy (non-hydrogen) atoms. The van der Waals surface area contributed by atoms with Gasteiger partial charge >= 0.3 is 12.0 Å². The van der Waals surface area contributed by atoms with Gasteiger partial charge in [0.05, 0.1) is 5.56 Å². The quantitative estimate of drug-likeness (QED) is 0.809. The van der Waals surface area contributed by atoms with Crippen LogP contribution in [0.5, 0.6) is 0 Å². The predicted octanol–water partition coefficient (Wildman–Crippen LogP) is 2.88. The van der Waals surface area contributed by atoms with Gasteiger partial charge in [0, 0.05) is 22.6 Å². The summed E-state index contributed by atoms with van der Waals surface area (Å²) >= 11 is 0. The molecule has 0 aliphatic rings. The highest BCUT2D eigenvalue weighted by Gasteiger charge is 2.20. The number of urea groups is 1. The highest BCUT2D eigenvalue weighted by Crippen LogP contribution is 2.21. The lowest BCUT2D eigenvalue weighted by Gasteiger charge is -2.20. The van der Waals surface area contributed by atoms with Gasteiger partial charge in [-0.1, -0.05) is 18.2 Å². The van der Waals surface area contributed by atoms with E-state index in [1.807, 2.05) is 48.7 Å². The number of aryl methyl sites for hydroxylation is 1. The van der Waals surface area contributed by atoms with Crippen LogP contribution in [0.15, 0.2) is 36.4 Å². The molecule has 0 fully saturated rings. The van der Waals surface area contributed by atoms with Crippen molar-refractivity contribution in [3.8, 4) is 5.69 Å². The molecule has 1 aromatic heterocycles. The molecule has 2 rings (SSSR count). The zero-order valence-electron chi connectivity index (χ0n) is 16.3. The monoisotopic (exact) mass is 371 g/mol. The van der Waals surface area contributed by atoms with Crippen molar-refractivity contribution in [3.63, 3.8) is 0 Å². The SMILES string of the molecule is Cc1cc(C(=O)OCC(=O)NC(=O)NC(C)(C)C)c(C)n1-c1ccccc1. The Hall–Kier alpha value is -3.09. The first-order valence-corrected chi connectivity index (χ1v) is 8.62. The first-order valence-electron chi connectivity index (χ1n) is 8.62. The Balaban J connectivity index is 2.01. The average Bonchev–Trinajstić information content (AvgIpc) is 2.86. The number of benzene rings is 1. The predicted molar refractivity (Wildman–Crippen MR) is 102 cm³/mol. The Labute approximate surface area is 158 Å². The van der Waals surface area contributed by atoms with Gasteiger partial charge in [0.2, 0.25) is 0 Å². The van der Waals surface area contributed by atoms with E-state index < -0.39 is 30.1 Å². The van der Waals surface area contributed by atoms with Crippen LogP contribution in [-0.2, 0) is 9.53 Å². The summed E-state index contributed by atoms with van der Waals surface area (Å²) in [6.07, 6.45) is 0. The van der Waals surface area contributed by atoms with Crippen LogP contribution in [0.2, 0.25) is 0 Å². The van der Waals surface area contributed by atoms with E-state index in [0.717, 1.165) is 17.1 Å². The molecule has 0 atom stereocenters. The van der Waals surface area contributed by atoms with E-state index in [-0.39, 0.29) is 0 Å². The fourth-order valence-electron chi connectivity index (χ4n) is 2.69. The molecule has 0 saturated heterocycles. The molecular weight excluding hydrogens is 346 g/mol. The number of hydrogen-bond donors (Lipinski definition) is 2. The maximum atomic E-state index is 12.4. The zero-order valence-corrected chi connectivity index (χ0v) is 16.3. The van der Waals surface area contributed by atoms with Gasteiger partial charge in [-0.2, -0.15) is 0 Å². The second-order valence-electron chi connectivity index (χ2n) is 7.28. The first kappa shape index (κ1) is 20.2. The number of carbonyl (C=O) groups is 3. The maximum absolute atomic E-state index is 12.4. The van der Waals surface area contributed by atoms with Gasteiger partial charge in [0.15, 0.2) is 6.61 Å². The van der Waals surface area contributed by atoms with Crippen molar-refractivity contribution in [3.05, 3.63) is 53.3 Å². The molecule has 1 heterocycles. The Bertz CT molecular complexity index is 848. The summed E-state index contributed by atoms with van der Waals surface area (Å²) in [5, 5.41) is 4.72. The summed E-state index contributed by atoms with van der Waals surface area (Å²) < 4.78 is 7.00. The molecule has 3 amide bonds. The lowest BCUT2D eigenvalue weighted by Crippen LogP contribution is -2.49. The summed E-state index contributed by atoms with van der Waals surface area (Å²) in [6, 6.07) is 10.7. The van der Waals surface area contributed by atoms with Crippen molar-refractivity contribution in [2.24, 2.45) is 0 Å². The van der Waals surface area contributed by atoms with E-state index in [1.165, 1.54) is 0 Å². The van der Waals surface area contributed by atoms with E-state index in [2.05, 4.69) is 10.6 Å². The van der Waals surface area contributed by atoms with Crippen LogP contribution in [-0.4, -0.2) is 34.6 Å². The second-order valence-corrected chi connectivity index (χ2v) is 7.28. The summed E-state index contributed by atoms with van der Waals surface area (Å²) in [7, 11) is 0. The Morgan fingerprint density at radius 2 is 1.70 bits per heavy atom. The van der Waals surface area contributed by atoms with Gasteiger partial charge in [-0.3, -0.25) is 10.1 Å². The number of nitrogens with one attached hydrogen (secondary N) is 2. The third-order valence-electron chi connectivity index (χ3n) is 3.74. The minimum atomic E-state index is -0.693. The van der Waals surface area contributed by atoms with Crippen LogP contribution in [0.3, 0.4) is 0 Å².